The van der Waals surface area contributed by atoms with E-state index >= 15 is 0 Å². The molecule has 0 aliphatic rings. The molecule has 0 spiro atoms. The van der Waals surface area contributed by atoms with Crippen LogP contribution in [-0.4, -0.2) is 36.0 Å². The third kappa shape index (κ3) is 4.68. The molecule has 0 aliphatic heterocycles. The van der Waals surface area contributed by atoms with Gasteiger partial charge in [-0.25, -0.2) is 0 Å². The van der Waals surface area contributed by atoms with Gasteiger partial charge in [0.15, 0.2) is 0 Å². The number of halogens is 3. The molecule has 0 aromatic heterocycles. The monoisotopic (exact) mass is 271 g/mol. The molecule has 0 heterocycles. The standard InChI is InChI=1S/C9H12F3NO5/c1-3-18-8(15)7(5(2)14)6(4-13(16)17)9(10,11)12/h6-7H,3-4H2,1-2H3. The average Bonchev–Trinajstić information content (AvgIpc) is 2.14. The lowest BCUT2D eigenvalue weighted by molar-refractivity contribution is -0.498. The molecule has 0 N–H and O–H groups in total. The van der Waals surface area contributed by atoms with Crippen molar-refractivity contribution in [1.82, 2.24) is 0 Å². The summed E-state index contributed by atoms with van der Waals surface area (Å²) < 4.78 is 42.2. The van der Waals surface area contributed by atoms with Crippen LogP contribution in [0.25, 0.3) is 0 Å². The van der Waals surface area contributed by atoms with Gasteiger partial charge < -0.3 is 4.74 Å². The van der Waals surface area contributed by atoms with Crippen LogP contribution in [0.15, 0.2) is 0 Å². The Bertz CT molecular complexity index is 342. The van der Waals surface area contributed by atoms with Gasteiger partial charge in [0.1, 0.15) is 17.6 Å². The van der Waals surface area contributed by atoms with E-state index < -0.39 is 41.2 Å². The van der Waals surface area contributed by atoms with Crippen molar-refractivity contribution in [2.24, 2.45) is 11.8 Å². The number of Topliss-reactive ketones (excluding diaryl/α,β-unsaturated/α-hetero) is 1. The largest absolute Gasteiger partial charge is 0.465 e. The first kappa shape index (κ1) is 16.3. The predicted molar refractivity (Wildman–Crippen MR) is 52.2 cm³/mol. The minimum Gasteiger partial charge on any atom is -0.465 e. The lowest BCUT2D eigenvalue weighted by atomic mass is 9.88. The van der Waals surface area contributed by atoms with Crippen LogP contribution in [0.3, 0.4) is 0 Å². The Labute approximate surface area is 100 Å². The van der Waals surface area contributed by atoms with E-state index in [9.17, 15) is 32.9 Å². The Kier molecular flexibility index (Phi) is 5.73. The summed E-state index contributed by atoms with van der Waals surface area (Å²) in [5.74, 6) is -7.38. The number of carbonyl (C=O) groups is 2. The third-order valence-corrected chi connectivity index (χ3v) is 2.15. The van der Waals surface area contributed by atoms with Crippen molar-refractivity contribution in [2.45, 2.75) is 20.0 Å². The highest BCUT2D eigenvalue weighted by molar-refractivity contribution is 5.98. The molecule has 6 nitrogen and oxygen atoms in total. The van der Waals surface area contributed by atoms with Gasteiger partial charge >= 0.3 is 12.1 Å². The smallest absolute Gasteiger partial charge is 0.399 e. The summed E-state index contributed by atoms with van der Waals surface area (Å²) in [5.41, 5.74) is 0. The summed E-state index contributed by atoms with van der Waals surface area (Å²) in [6.45, 7) is 0.351. The van der Waals surface area contributed by atoms with E-state index in [2.05, 4.69) is 4.74 Å². The molecule has 0 saturated carbocycles. The second-order valence-corrected chi connectivity index (χ2v) is 3.50. The highest BCUT2D eigenvalue weighted by Gasteiger charge is 2.53. The average molecular weight is 271 g/mol. The number of esters is 1. The van der Waals surface area contributed by atoms with Crippen LogP contribution in [0.1, 0.15) is 13.8 Å². The van der Waals surface area contributed by atoms with Crippen LogP contribution in [0, 0.1) is 22.0 Å². The fraction of sp³-hybridized carbons (Fsp3) is 0.778. The summed E-state index contributed by atoms with van der Waals surface area (Å²) in [6, 6.07) is 0. The van der Waals surface area contributed by atoms with E-state index in [1.54, 1.807) is 0 Å². The van der Waals surface area contributed by atoms with Gasteiger partial charge in [-0.1, -0.05) is 0 Å². The topological polar surface area (TPSA) is 86.5 Å². The molecule has 9 heteroatoms. The Morgan fingerprint density at radius 1 is 1.39 bits per heavy atom. The summed E-state index contributed by atoms with van der Waals surface area (Å²) in [4.78, 5) is 31.4. The SMILES string of the molecule is CCOC(=O)C(C(C)=O)C(C[N+](=O)[O-])C(F)(F)F. The highest BCUT2D eigenvalue weighted by Crippen LogP contribution is 2.33. The lowest BCUT2D eigenvalue weighted by Crippen LogP contribution is -2.43. The van der Waals surface area contributed by atoms with E-state index in [4.69, 9.17) is 0 Å². The minimum atomic E-state index is -5.03. The van der Waals surface area contributed by atoms with E-state index in [1.165, 1.54) is 6.92 Å². The zero-order chi connectivity index (χ0) is 14.5. The van der Waals surface area contributed by atoms with Crippen LogP contribution >= 0.6 is 0 Å². The number of hydrogen-bond donors (Lipinski definition) is 0. The maximum absolute atomic E-state index is 12.6. The third-order valence-electron chi connectivity index (χ3n) is 2.15. The normalized spacial score (nSPS) is 14.7. The number of ether oxygens (including phenoxy) is 1. The highest BCUT2D eigenvalue weighted by atomic mass is 19.4. The van der Waals surface area contributed by atoms with Crippen molar-refractivity contribution < 1.29 is 32.4 Å². The van der Waals surface area contributed by atoms with Gasteiger partial charge in [-0.2, -0.15) is 13.2 Å². The van der Waals surface area contributed by atoms with Gasteiger partial charge in [-0.05, 0) is 13.8 Å². The summed E-state index contributed by atoms with van der Waals surface area (Å²) in [5, 5.41) is 10.2. The number of rotatable bonds is 6. The molecule has 0 rings (SSSR count). The molecule has 2 unspecified atom stereocenters. The number of ketones is 1. The van der Waals surface area contributed by atoms with Gasteiger partial charge in [0, 0.05) is 4.92 Å². The molecular formula is C9H12F3NO5. The molecule has 104 valence electrons. The molecule has 0 aromatic carbocycles. The van der Waals surface area contributed by atoms with Crippen LogP contribution in [0.2, 0.25) is 0 Å². The van der Waals surface area contributed by atoms with Crippen molar-refractivity contribution >= 4 is 11.8 Å². The van der Waals surface area contributed by atoms with Gasteiger partial charge in [-0.15, -0.1) is 0 Å². The predicted octanol–water partition coefficient (Wildman–Crippen LogP) is 1.21. The number of hydrogen-bond acceptors (Lipinski definition) is 5. The van der Waals surface area contributed by atoms with E-state index in [1.807, 2.05) is 0 Å². The second kappa shape index (κ2) is 6.31. The molecular weight excluding hydrogens is 259 g/mol. The summed E-state index contributed by atoms with van der Waals surface area (Å²) in [6.07, 6.45) is -5.03. The summed E-state index contributed by atoms with van der Waals surface area (Å²) in [7, 11) is 0. The van der Waals surface area contributed by atoms with E-state index in [-0.39, 0.29) is 6.61 Å². The number of carbonyl (C=O) groups excluding carboxylic acids is 2. The first-order valence-corrected chi connectivity index (χ1v) is 4.96. The van der Waals surface area contributed by atoms with Crippen molar-refractivity contribution in [2.75, 3.05) is 13.2 Å². The van der Waals surface area contributed by atoms with Crippen molar-refractivity contribution in [3.05, 3.63) is 10.1 Å². The fourth-order valence-corrected chi connectivity index (χ4v) is 1.40. The Balaban J connectivity index is 5.29. The molecule has 2 atom stereocenters. The van der Waals surface area contributed by atoms with Crippen LogP contribution in [-0.2, 0) is 14.3 Å². The molecule has 0 radical (unpaired) electrons. The lowest BCUT2D eigenvalue weighted by Gasteiger charge is -2.22. The van der Waals surface area contributed by atoms with Gasteiger partial charge in [0.2, 0.25) is 6.54 Å². The number of nitro groups is 1. The van der Waals surface area contributed by atoms with Crippen molar-refractivity contribution in [3.63, 3.8) is 0 Å². The maximum Gasteiger partial charge on any atom is 0.399 e. The van der Waals surface area contributed by atoms with Gasteiger partial charge in [0.05, 0.1) is 6.61 Å². The van der Waals surface area contributed by atoms with Crippen molar-refractivity contribution in [3.8, 4) is 0 Å². The molecule has 0 saturated heterocycles. The quantitative estimate of drug-likeness (QED) is 0.313. The van der Waals surface area contributed by atoms with E-state index in [0.29, 0.717) is 0 Å². The van der Waals surface area contributed by atoms with Gasteiger partial charge in [0.25, 0.3) is 0 Å². The Morgan fingerprint density at radius 3 is 2.17 bits per heavy atom. The Hall–Kier alpha value is -1.67. The summed E-state index contributed by atoms with van der Waals surface area (Å²) >= 11 is 0. The first-order chi connectivity index (χ1) is 8.11. The zero-order valence-electron chi connectivity index (χ0n) is 9.69. The molecule has 0 aromatic rings. The number of nitrogens with zero attached hydrogens (tertiary/aromatic N) is 1. The van der Waals surface area contributed by atoms with Crippen LogP contribution in [0.4, 0.5) is 13.2 Å². The molecule has 0 fully saturated rings. The van der Waals surface area contributed by atoms with Crippen LogP contribution < -0.4 is 0 Å². The Morgan fingerprint density at radius 2 is 1.89 bits per heavy atom. The fourth-order valence-electron chi connectivity index (χ4n) is 1.40. The van der Waals surface area contributed by atoms with Gasteiger partial charge in [-0.3, -0.25) is 19.7 Å². The molecule has 18 heavy (non-hydrogen) atoms. The zero-order valence-corrected chi connectivity index (χ0v) is 9.69. The molecule has 0 bridgehead atoms. The first-order valence-electron chi connectivity index (χ1n) is 4.96. The molecule has 0 aliphatic carbocycles. The second-order valence-electron chi connectivity index (χ2n) is 3.50. The maximum atomic E-state index is 12.6. The van der Waals surface area contributed by atoms with E-state index in [0.717, 1.165) is 6.92 Å². The number of alkyl halides is 3. The minimum absolute atomic E-state index is 0.217. The van der Waals surface area contributed by atoms with Crippen LogP contribution in [0.5, 0.6) is 0 Å². The molecule has 0 amide bonds. The van der Waals surface area contributed by atoms with Crippen molar-refractivity contribution in [1.29, 1.82) is 0 Å².